The number of hydrogen-bond donors (Lipinski definition) is 1. The van der Waals surface area contributed by atoms with Crippen LogP contribution in [0.5, 0.6) is 0 Å². The van der Waals surface area contributed by atoms with E-state index in [1.54, 1.807) is 11.3 Å². The summed E-state index contributed by atoms with van der Waals surface area (Å²) in [6, 6.07) is 0.611. The molecule has 0 amide bonds. The maximum atomic E-state index is 4.83. The number of hydrogen-bond acceptors (Lipinski definition) is 4. The molecular formula is C16H31N3S. The first-order chi connectivity index (χ1) is 9.62. The summed E-state index contributed by atoms with van der Waals surface area (Å²) in [5.41, 5.74) is 1.18. The van der Waals surface area contributed by atoms with Crippen molar-refractivity contribution in [3.05, 3.63) is 11.1 Å². The van der Waals surface area contributed by atoms with Crippen molar-refractivity contribution in [3.63, 3.8) is 0 Å². The Morgan fingerprint density at radius 3 is 2.50 bits per heavy atom. The van der Waals surface area contributed by atoms with Gasteiger partial charge in [0.2, 0.25) is 0 Å². The number of anilines is 1. The van der Waals surface area contributed by atoms with Crippen LogP contribution in [-0.2, 0) is 6.54 Å². The molecule has 1 aromatic rings. The fourth-order valence-electron chi connectivity index (χ4n) is 2.41. The van der Waals surface area contributed by atoms with Crippen molar-refractivity contribution in [1.82, 2.24) is 10.3 Å². The Bertz CT molecular complexity index is 358. The predicted octanol–water partition coefficient (Wildman–Crippen LogP) is 4.29. The lowest BCUT2D eigenvalue weighted by atomic mass is 10.1. The molecule has 1 N–H and O–H groups in total. The van der Waals surface area contributed by atoms with Gasteiger partial charge in [-0.25, -0.2) is 4.98 Å². The van der Waals surface area contributed by atoms with Crippen molar-refractivity contribution >= 4 is 16.5 Å². The lowest BCUT2D eigenvalue weighted by Gasteiger charge is -2.31. The van der Waals surface area contributed by atoms with Gasteiger partial charge in [0, 0.05) is 24.5 Å². The molecule has 0 atom stereocenters. The number of aromatic nitrogens is 1. The van der Waals surface area contributed by atoms with Gasteiger partial charge in [-0.1, -0.05) is 34.6 Å². The average molecular weight is 298 g/mol. The fourth-order valence-corrected chi connectivity index (χ4v) is 3.32. The summed E-state index contributed by atoms with van der Waals surface area (Å²) in [6.07, 6.45) is 3.54. The van der Waals surface area contributed by atoms with Crippen LogP contribution in [0.1, 0.15) is 59.6 Å². The molecule has 0 unspecified atom stereocenters. The van der Waals surface area contributed by atoms with Gasteiger partial charge in [-0.2, -0.15) is 0 Å². The van der Waals surface area contributed by atoms with Crippen LogP contribution in [0.15, 0.2) is 5.38 Å². The molecule has 0 spiro atoms. The second-order valence-electron chi connectivity index (χ2n) is 5.81. The van der Waals surface area contributed by atoms with Gasteiger partial charge in [0.05, 0.1) is 5.69 Å². The predicted molar refractivity (Wildman–Crippen MR) is 90.7 cm³/mol. The highest BCUT2D eigenvalue weighted by molar-refractivity contribution is 7.13. The number of nitrogens with zero attached hydrogens (tertiary/aromatic N) is 2. The zero-order valence-corrected chi connectivity index (χ0v) is 14.6. The molecule has 0 saturated carbocycles. The van der Waals surface area contributed by atoms with E-state index in [4.69, 9.17) is 4.98 Å². The van der Waals surface area contributed by atoms with Gasteiger partial charge in [0.15, 0.2) is 5.13 Å². The van der Waals surface area contributed by atoms with Gasteiger partial charge < -0.3 is 10.2 Å². The zero-order chi connectivity index (χ0) is 15.0. The van der Waals surface area contributed by atoms with Crippen LogP contribution in [0.25, 0.3) is 0 Å². The highest BCUT2D eigenvalue weighted by Crippen LogP contribution is 2.26. The highest BCUT2D eigenvalue weighted by atomic mass is 32.1. The third kappa shape index (κ3) is 5.41. The first-order valence-electron chi connectivity index (χ1n) is 8.04. The van der Waals surface area contributed by atoms with E-state index in [1.165, 1.54) is 30.1 Å². The first kappa shape index (κ1) is 17.4. The molecule has 0 aliphatic heterocycles. The van der Waals surface area contributed by atoms with E-state index in [0.717, 1.165) is 19.6 Å². The van der Waals surface area contributed by atoms with Crippen LogP contribution in [-0.4, -0.2) is 24.1 Å². The topological polar surface area (TPSA) is 28.2 Å². The Hall–Kier alpha value is -0.610. The normalized spacial score (nSPS) is 11.6. The Balaban J connectivity index is 2.74. The van der Waals surface area contributed by atoms with Gasteiger partial charge >= 0.3 is 0 Å². The third-order valence-corrected chi connectivity index (χ3v) is 4.39. The molecule has 0 aliphatic rings. The van der Waals surface area contributed by atoms with Crippen LogP contribution < -0.4 is 10.2 Å². The Labute approximate surface area is 128 Å². The molecule has 20 heavy (non-hydrogen) atoms. The van der Waals surface area contributed by atoms with Crippen LogP contribution in [0.3, 0.4) is 0 Å². The molecule has 0 saturated heterocycles. The molecule has 0 fully saturated rings. The van der Waals surface area contributed by atoms with E-state index < -0.39 is 0 Å². The summed E-state index contributed by atoms with van der Waals surface area (Å²) in [6.45, 7) is 14.4. The number of rotatable bonds is 10. The SMILES string of the molecule is CCCNCc1csc(N(CC(C)C)C(CC)CC)n1. The fraction of sp³-hybridized carbons (Fsp3) is 0.812. The Morgan fingerprint density at radius 2 is 1.95 bits per heavy atom. The van der Waals surface area contributed by atoms with E-state index in [0.29, 0.717) is 12.0 Å². The molecule has 1 heterocycles. The minimum absolute atomic E-state index is 0.611. The lowest BCUT2D eigenvalue weighted by Crippen LogP contribution is -2.37. The molecule has 1 rings (SSSR count). The summed E-state index contributed by atoms with van der Waals surface area (Å²) in [5.74, 6) is 0.668. The van der Waals surface area contributed by atoms with Crippen molar-refractivity contribution in [2.75, 3.05) is 18.0 Å². The molecular weight excluding hydrogens is 266 g/mol. The van der Waals surface area contributed by atoms with Crippen molar-refractivity contribution < 1.29 is 0 Å². The van der Waals surface area contributed by atoms with Crippen LogP contribution >= 0.6 is 11.3 Å². The monoisotopic (exact) mass is 297 g/mol. The molecule has 116 valence electrons. The standard InChI is InChI=1S/C16H31N3S/c1-6-9-17-10-14-12-20-16(18-14)19(11-13(4)5)15(7-2)8-3/h12-13,15,17H,6-11H2,1-5H3. The summed E-state index contributed by atoms with van der Waals surface area (Å²) in [4.78, 5) is 7.35. The number of nitrogens with one attached hydrogen (secondary N) is 1. The Morgan fingerprint density at radius 1 is 1.25 bits per heavy atom. The second kappa shape index (κ2) is 9.35. The van der Waals surface area contributed by atoms with E-state index in [2.05, 4.69) is 50.2 Å². The third-order valence-electron chi connectivity index (χ3n) is 3.46. The molecule has 0 radical (unpaired) electrons. The highest BCUT2D eigenvalue weighted by Gasteiger charge is 2.19. The summed E-state index contributed by atoms with van der Waals surface area (Å²) >= 11 is 1.79. The van der Waals surface area contributed by atoms with Crippen molar-refractivity contribution in [1.29, 1.82) is 0 Å². The van der Waals surface area contributed by atoms with E-state index >= 15 is 0 Å². The van der Waals surface area contributed by atoms with Crippen molar-refractivity contribution in [3.8, 4) is 0 Å². The van der Waals surface area contributed by atoms with Crippen molar-refractivity contribution in [2.45, 2.75) is 66.5 Å². The van der Waals surface area contributed by atoms with Crippen LogP contribution in [0.2, 0.25) is 0 Å². The van der Waals surface area contributed by atoms with E-state index in [-0.39, 0.29) is 0 Å². The van der Waals surface area contributed by atoms with E-state index in [9.17, 15) is 0 Å². The largest absolute Gasteiger partial charge is 0.345 e. The van der Waals surface area contributed by atoms with Gasteiger partial charge in [-0.15, -0.1) is 11.3 Å². The van der Waals surface area contributed by atoms with Gasteiger partial charge in [-0.05, 0) is 31.7 Å². The summed E-state index contributed by atoms with van der Waals surface area (Å²) in [7, 11) is 0. The molecule has 0 aromatic carbocycles. The quantitative estimate of drug-likeness (QED) is 0.653. The molecule has 3 nitrogen and oxygen atoms in total. The van der Waals surface area contributed by atoms with Crippen LogP contribution in [0, 0.1) is 5.92 Å². The minimum atomic E-state index is 0.611. The average Bonchev–Trinajstić information content (AvgIpc) is 2.87. The van der Waals surface area contributed by atoms with E-state index in [1.807, 2.05) is 0 Å². The maximum absolute atomic E-state index is 4.83. The first-order valence-corrected chi connectivity index (χ1v) is 8.91. The maximum Gasteiger partial charge on any atom is 0.185 e. The second-order valence-corrected chi connectivity index (χ2v) is 6.65. The van der Waals surface area contributed by atoms with Gasteiger partial charge in [0.25, 0.3) is 0 Å². The summed E-state index contributed by atoms with van der Waals surface area (Å²) < 4.78 is 0. The molecule has 1 aromatic heterocycles. The van der Waals surface area contributed by atoms with Crippen LogP contribution in [0.4, 0.5) is 5.13 Å². The summed E-state index contributed by atoms with van der Waals surface area (Å²) in [5, 5.41) is 6.82. The minimum Gasteiger partial charge on any atom is -0.345 e. The smallest absolute Gasteiger partial charge is 0.185 e. The van der Waals surface area contributed by atoms with Crippen molar-refractivity contribution in [2.24, 2.45) is 5.92 Å². The molecule has 4 heteroatoms. The molecule has 0 bridgehead atoms. The van der Waals surface area contributed by atoms with Gasteiger partial charge in [0.1, 0.15) is 0 Å². The van der Waals surface area contributed by atoms with Gasteiger partial charge in [-0.3, -0.25) is 0 Å². The lowest BCUT2D eigenvalue weighted by molar-refractivity contribution is 0.506. The Kier molecular flexibility index (Phi) is 8.15. The zero-order valence-electron chi connectivity index (χ0n) is 13.8. The number of thiazole rings is 1. The molecule has 0 aliphatic carbocycles.